The highest BCUT2D eigenvalue weighted by atomic mass is 127. The van der Waals surface area contributed by atoms with Gasteiger partial charge in [0.1, 0.15) is 12.4 Å². The van der Waals surface area contributed by atoms with Crippen molar-refractivity contribution >= 4 is 35.8 Å². The number of ether oxygens (including phenoxy) is 1. The second kappa shape index (κ2) is 11.3. The Morgan fingerprint density at radius 2 is 2.07 bits per heavy atom. The number of aliphatic imine (C=N–C) groups is 1. The van der Waals surface area contributed by atoms with E-state index in [9.17, 15) is 18.0 Å². The van der Waals surface area contributed by atoms with Crippen LogP contribution in [0.5, 0.6) is 5.75 Å². The average Bonchev–Trinajstić information content (AvgIpc) is 2.61. The largest absolute Gasteiger partial charge is 0.491 e. The van der Waals surface area contributed by atoms with Crippen LogP contribution in [0.25, 0.3) is 0 Å². The van der Waals surface area contributed by atoms with Crippen LogP contribution in [0.3, 0.4) is 0 Å². The molecule has 0 aromatic heterocycles. The van der Waals surface area contributed by atoms with Crippen LogP contribution in [-0.2, 0) is 11.0 Å². The lowest BCUT2D eigenvalue weighted by Gasteiger charge is -2.31. The Bertz CT molecular complexity index is 670. The number of hydrogen-bond donors (Lipinski definition) is 2. The minimum absolute atomic E-state index is 0. The molecule has 10 heteroatoms. The van der Waals surface area contributed by atoms with Gasteiger partial charge in [-0.2, -0.15) is 13.2 Å². The van der Waals surface area contributed by atoms with E-state index in [-0.39, 0.29) is 54.8 Å². The number of halogens is 4. The lowest BCUT2D eigenvalue weighted by molar-refractivity contribution is -0.139. The van der Waals surface area contributed by atoms with E-state index in [1.807, 2.05) is 6.92 Å². The first-order chi connectivity index (χ1) is 12.8. The third kappa shape index (κ3) is 7.36. The molecule has 158 valence electrons. The van der Waals surface area contributed by atoms with Gasteiger partial charge in [-0.25, -0.2) is 4.99 Å². The van der Waals surface area contributed by atoms with Gasteiger partial charge in [0, 0.05) is 32.6 Å². The fourth-order valence-corrected chi connectivity index (χ4v) is 2.78. The molecule has 1 atom stereocenters. The summed E-state index contributed by atoms with van der Waals surface area (Å²) in [6.45, 7) is 3.36. The van der Waals surface area contributed by atoms with E-state index in [0.717, 1.165) is 6.07 Å². The molecule has 0 radical (unpaired) electrons. The maximum Gasteiger partial charge on any atom is 0.419 e. The highest BCUT2D eigenvalue weighted by molar-refractivity contribution is 14.0. The molecule has 1 unspecified atom stereocenters. The molecule has 1 aliphatic rings. The number of likely N-dealkylation sites (N-methyl/N-ethyl adjacent to an activating group) is 1. The molecule has 2 rings (SSSR count). The maximum atomic E-state index is 13.0. The van der Waals surface area contributed by atoms with Gasteiger partial charge in [-0.05, 0) is 25.5 Å². The molecular formula is C18H26F3IN4O2. The third-order valence-electron chi connectivity index (χ3n) is 4.12. The van der Waals surface area contributed by atoms with E-state index in [2.05, 4.69) is 15.6 Å². The second-order valence-corrected chi connectivity index (χ2v) is 6.26. The smallest absolute Gasteiger partial charge is 0.419 e. The Labute approximate surface area is 179 Å². The molecule has 0 spiro atoms. The summed E-state index contributed by atoms with van der Waals surface area (Å²) in [6, 6.07) is 5.20. The summed E-state index contributed by atoms with van der Waals surface area (Å²) in [5.74, 6) is 0.468. The van der Waals surface area contributed by atoms with Gasteiger partial charge in [0.05, 0.1) is 12.1 Å². The summed E-state index contributed by atoms with van der Waals surface area (Å²) in [4.78, 5) is 17.6. The Kier molecular flexibility index (Phi) is 9.83. The summed E-state index contributed by atoms with van der Waals surface area (Å²) < 4.78 is 44.1. The molecule has 0 saturated carbocycles. The van der Waals surface area contributed by atoms with Crippen LogP contribution < -0.4 is 15.4 Å². The number of nitrogens with zero attached hydrogens (tertiary/aromatic N) is 2. The molecule has 1 aromatic carbocycles. The number of nitrogens with one attached hydrogen (secondary N) is 2. The van der Waals surface area contributed by atoms with Crippen molar-refractivity contribution < 1.29 is 22.7 Å². The Morgan fingerprint density at radius 3 is 2.71 bits per heavy atom. The summed E-state index contributed by atoms with van der Waals surface area (Å²) in [7, 11) is 1.76. The Hall–Kier alpha value is -1.72. The van der Waals surface area contributed by atoms with Crippen LogP contribution in [0, 0.1) is 0 Å². The van der Waals surface area contributed by atoms with Gasteiger partial charge in [0.2, 0.25) is 5.91 Å². The molecule has 0 aliphatic carbocycles. The van der Waals surface area contributed by atoms with Crippen molar-refractivity contribution in [1.82, 2.24) is 15.5 Å². The second-order valence-electron chi connectivity index (χ2n) is 6.26. The average molecular weight is 514 g/mol. The van der Waals surface area contributed by atoms with Crippen molar-refractivity contribution in [2.24, 2.45) is 4.99 Å². The van der Waals surface area contributed by atoms with Crippen LogP contribution in [0.1, 0.15) is 25.3 Å². The van der Waals surface area contributed by atoms with Crippen molar-refractivity contribution in [3.8, 4) is 5.75 Å². The van der Waals surface area contributed by atoms with Crippen molar-refractivity contribution in [3.05, 3.63) is 29.8 Å². The molecule has 1 amide bonds. The number of benzene rings is 1. The van der Waals surface area contributed by atoms with Crippen LogP contribution in [0.15, 0.2) is 29.3 Å². The fraction of sp³-hybridized carbons (Fsp3) is 0.556. The highest BCUT2D eigenvalue weighted by Gasteiger charge is 2.33. The van der Waals surface area contributed by atoms with Crippen molar-refractivity contribution in [3.63, 3.8) is 0 Å². The van der Waals surface area contributed by atoms with Crippen molar-refractivity contribution in [1.29, 1.82) is 0 Å². The van der Waals surface area contributed by atoms with Gasteiger partial charge in [0.25, 0.3) is 0 Å². The van der Waals surface area contributed by atoms with E-state index < -0.39 is 11.7 Å². The minimum Gasteiger partial charge on any atom is -0.491 e. The molecule has 1 saturated heterocycles. The molecule has 0 bridgehead atoms. The molecule has 6 nitrogen and oxygen atoms in total. The molecule has 1 heterocycles. The van der Waals surface area contributed by atoms with Crippen molar-refractivity contribution in [2.45, 2.75) is 32.0 Å². The molecular weight excluding hydrogens is 488 g/mol. The molecule has 1 aliphatic heterocycles. The van der Waals surface area contributed by atoms with E-state index in [1.165, 1.54) is 18.2 Å². The predicted molar refractivity (Wildman–Crippen MR) is 112 cm³/mol. The number of piperidine rings is 1. The van der Waals surface area contributed by atoms with Gasteiger partial charge >= 0.3 is 6.18 Å². The first-order valence-corrected chi connectivity index (χ1v) is 8.89. The van der Waals surface area contributed by atoms with Crippen LogP contribution >= 0.6 is 24.0 Å². The fourth-order valence-electron chi connectivity index (χ4n) is 2.78. The van der Waals surface area contributed by atoms with E-state index in [1.54, 1.807) is 11.9 Å². The zero-order chi connectivity index (χ0) is 19.9. The number of alkyl halides is 3. The molecule has 2 N–H and O–H groups in total. The summed E-state index contributed by atoms with van der Waals surface area (Å²) in [6.07, 6.45) is -3.27. The Morgan fingerprint density at radius 1 is 1.36 bits per heavy atom. The SMILES string of the molecule is CCNC(=NCCOc1ccccc1C(F)(F)F)NC1CCC(=O)N(C)C1.I. The van der Waals surface area contributed by atoms with E-state index in [4.69, 9.17) is 4.74 Å². The standard InChI is InChI=1S/C18H25F3N4O2.HI/c1-3-22-17(24-13-8-9-16(26)25(2)12-13)23-10-11-27-15-7-5-4-6-14(15)18(19,20)21;/h4-7,13H,3,8-12H2,1-2H3,(H2,22,23,24);1H. The lowest BCUT2D eigenvalue weighted by atomic mass is 10.1. The number of para-hydroxylation sites is 1. The lowest BCUT2D eigenvalue weighted by Crippen LogP contribution is -2.51. The quantitative estimate of drug-likeness (QED) is 0.265. The maximum absolute atomic E-state index is 13.0. The Balaban J connectivity index is 0.00000392. The minimum atomic E-state index is -4.46. The van der Waals surface area contributed by atoms with Gasteiger partial charge in [-0.15, -0.1) is 24.0 Å². The first kappa shape index (κ1) is 24.3. The summed E-state index contributed by atoms with van der Waals surface area (Å²) >= 11 is 0. The monoisotopic (exact) mass is 514 g/mol. The normalized spacial score (nSPS) is 17.8. The zero-order valence-electron chi connectivity index (χ0n) is 15.9. The van der Waals surface area contributed by atoms with Gasteiger partial charge < -0.3 is 20.3 Å². The molecule has 1 aromatic rings. The highest BCUT2D eigenvalue weighted by Crippen LogP contribution is 2.35. The number of likely N-dealkylation sites (tertiary alicyclic amines) is 1. The predicted octanol–water partition coefficient (Wildman–Crippen LogP) is 2.88. The van der Waals surface area contributed by atoms with Crippen LogP contribution in [0.2, 0.25) is 0 Å². The van der Waals surface area contributed by atoms with Gasteiger partial charge in [0.15, 0.2) is 5.96 Å². The van der Waals surface area contributed by atoms with Crippen LogP contribution in [0.4, 0.5) is 13.2 Å². The molecule has 28 heavy (non-hydrogen) atoms. The van der Waals surface area contributed by atoms with Crippen LogP contribution in [-0.4, -0.2) is 56.1 Å². The number of rotatable bonds is 6. The first-order valence-electron chi connectivity index (χ1n) is 8.89. The van der Waals surface area contributed by atoms with E-state index in [0.29, 0.717) is 31.9 Å². The van der Waals surface area contributed by atoms with Gasteiger partial charge in [-0.1, -0.05) is 12.1 Å². The zero-order valence-corrected chi connectivity index (χ0v) is 18.2. The number of guanidine groups is 1. The number of carbonyl (C=O) groups is 1. The molecule has 1 fully saturated rings. The van der Waals surface area contributed by atoms with Gasteiger partial charge in [-0.3, -0.25) is 4.79 Å². The third-order valence-corrected chi connectivity index (χ3v) is 4.12. The summed E-state index contributed by atoms with van der Waals surface area (Å²) in [5, 5.41) is 6.34. The summed E-state index contributed by atoms with van der Waals surface area (Å²) in [5.41, 5.74) is -0.797. The number of hydrogen-bond acceptors (Lipinski definition) is 3. The topological polar surface area (TPSA) is 66.0 Å². The number of carbonyl (C=O) groups excluding carboxylic acids is 1. The van der Waals surface area contributed by atoms with Crippen molar-refractivity contribution in [2.75, 3.05) is 33.3 Å². The van der Waals surface area contributed by atoms with E-state index >= 15 is 0 Å². The number of amides is 1.